The Bertz CT molecular complexity index is 1250. The first-order chi connectivity index (χ1) is 15.9. The number of benzene rings is 3. The molecule has 0 bridgehead atoms. The summed E-state index contributed by atoms with van der Waals surface area (Å²) < 4.78 is 10.4. The van der Waals surface area contributed by atoms with E-state index in [-0.39, 0.29) is 10.7 Å². The highest BCUT2D eigenvalue weighted by atomic mass is 35.5. The molecule has 7 nitrogen and oxygen atoms in total. The number of carbonyl (C=O) groups excluding carboxylic acids is 3. The zero-order valence-corrected chi connectivity index (χ0v) is 18.7. The summed E-state index contributed by atoms with van der Waals surface area (Å²) in [6.07, 6.45) is 0. The molecular weight excluding hydrogens is 467 g/mol. The van der Waals surface area contributed by atoms with E-state index in [0.29, 0.717) is 33.5 Å². The summed E-state index contributed by atoms with van der Waals surface area (Å²) >= 11 is 12.0. The fourth-order valence-corrected chi connectivity index (χ4v) is 3.42. The third kappa shape index (κ3) is 4.69. The van der Waals surface area contributed by atoms with Crippen molar-refractivity contribution in [2.24, 2.45) is 0 Å². The summed E-state index contributed by atoms with van der Waals surface area (Å²) in [6, 6.07) is 19.0. The first-order valence-electron chi connectivity index (χ1n) is 9.65. The van der Waals surface area contributed by atoms with Gasteiger partial charge in [-0.1, -0.05) is 23.2 Å². The molecule has 2 amide bonds. The van der Waals surface area contributed by atoms with E-state index in [1.54, 1.807) is 67.8 Å². The second-order valence-electron chi connectivity index (χ2n) is 6.88. The lowest BCUT2D eigenvalue weighted by Crippen LogP contribution is -2.32. The van der Waals surface area contributed by atoms with Gasteiger partial charge in [-0.05, 0) is 72.8 Å². The number of ether oxygens (including phenoxy) is 2. The number of amides is 2. The lowest BCUT2D eigenvalue weighted by atomic mass is 10.2. The minimum absolute atomic E-state index is 0.0647. The van der Waals surface area contributed by atoms with Crippen molar-refractivity contribution in [3.8, 4) is 11.5 Å². The van der Waals surface area contributed by atoms with Crippen molar-refractivity contribution < 1.29 is 23.9 Å². The third-order valence-corrected chi connectivity index (χ3v) is 5.37. The molecule has 3 aromatic carbocycles. The normalized spacial score (nSPS) is 13.4. The van der Waals surface area contributed by atoms with E-state index >= 15 is 0 Å². The van der Waals surface area contributed by atoms with E-state index in [1.165, 1.54) is 12.1 Å². The van der Waals surface area contributed by atoms with Gasteiger partial charge in [0.05, 0.1) is 18.4 Å². The summed E-state index contributed by atoms with van der Waals surface area (Å²) in [5, 5.41) is 3.09. The number of esters is 1. The van der Waals surface area contributed by atoms with Crippen LogP contribution in [-0.2, 0) is 9.59 Å². The Morgan fingerprint density at radius 1 is 0.818 bits per heavy atom. The second kappa shape index (κ2) is 9.36. The SMILES string of the molecule is COc1ccc(OC(=O)c2ccc(NC3=C(Cl)C(=O)N(c4ccc(Cl)cc4)C3=O)cc2)cc1. The lowest BCUT2D eigenvalue weighted by Gasteiger charge is -2.15. The first kappa shape index (κ1) is 22.4. The van der Waals surface area contributed by atoms with E-state index in [0.717, 1.165) is 4.90 Å². The Morgan fingerprint density at radius 2 is 1.42 bits per heavy atom. The van der Waals surface area contributed by atoms with E-state index in [9.17, 15) is 14.4 Å². The van der Waals surface area contributed by atoms with Crippen molar-refractivity contribution >= 4 is 52.4 Å². The predicted octanol–water partition coefficient (Wildman–Crippen LogP) is 5.00. The average Bonchev–Trinajstić information content (AvgIpc) is 3.04. The van der Waals surface area contributed by atoms with Gasteiger partial charge in [0.15, 0.2) is 0 Å². The van der Waals surface area contributed by atoms with Crippen molar-refractivity contribution in [2.75, 3.05) is 17.3 Å². The summed E-state index contributed by atoms with van der Waals surface area (Å²) in [7, 11) is 1.55. The molecule has 0 unspecified atom stereocenters. The van der Waals surface area contributed by atoms with Crippen molar-refractivity contribution in [3.05, 3.63) is 94.1 Å². The number of rotatable bonds is 6. The molecule has 0 aliphatic carbocycles. The summed E-state index contributed by atoms with van der Waals surface area (Å²) in [6.45, 7) is 0. The minimum atomic E-state index is -0.647. The van der Waals surface area contributed by atoms with E-state index in [4.69, 9.17) is 32.7 Å². The minimum Gasteiger partial charge on any atom is -0.497 e. The number of nitrogens with one attached hydrogen (secondary N) is 1. The quantitative estimate of drug-likeness (QED) is 0.302. The fourth-order valence-electron chi connectivity index (χ4n) is 3.08. The van der Waals surface area contributed by atoms with Crippen LogP contribution in [0.4, 0.5) is 11.4 Å². The number of carbonyl (C=O) groups is 3. The molecule has 166 valence electrons. The Morgan fingerprint density at radius 3 is 2.03 bits per heavy atom. The molecule has 3 aromatic rings. The average molecular weight is 483 g/mol. The molecule has 1 N–H and O–H groups in total. The van der Waals surface area contributed by atoms with E-state index in [2.05, 4.69) is 5.32 Å². The molecular formula is C24H16Cl2N2O5. The number of hydrogen-bond acceptors (Lipinski definition) is 6. The van der Waals surface area contributed by atoms with Crippen LogP contribution in [0.3, 0.4) is 0 Å². The third-order valence-electron chi connectivity index (χ3n) is 4.77. The molecule has 1 aliphatic heterocycles. The largest absolute Gasteiger partial charge is 0.497 e. The second-order valence-corrected chi connectivity index (χ2v) is 7.69. The predicted molar refractivity (Wildman–Crippen MR) is 125 cm³/mol. The van der Waals surface area contributed by atoms with Crippen LogP contribution in [0.15, 0.2) is 83.5 Å². The van der Waals surface area contributed by atoms with Gasteiger partial charge in [0.2, 0.25) is 0 Å². The molecule has 9 heteroatoms. The molecule has 4 rings (SSSR count). The summed E-state index contributed by atoms with van der Waals surface area (Å²) in [4.78, 5) is 38.7. The summed E-state index contributed by atoms with van der Waals surface area (Å²) in [5.41, 5.74) is 1.04. The van der Waals surface area contributed by atoms with Gasteiger partial charge in [-0.15, -0.1) is 0 Å². The first-order valence-corrected chi connectivity index (χ1v) is 10.4. The van der Waals surface area contributed by atoms with Gasteiger partial charge in [0, 0.05) is 10.7 Å². The number of imide groups is 1. The van der Waals surface area contributed by atoms with Gasteiger partial charge >= 0.3 is 5.97 Å². The Kier molecular flexibility index (Phi) is 6.35. The van der Waals surface area contributed by atoms with Crippen LogP contribution < -0.4 is 19.7 Å². The number of halogens is 2. The molecule has 0 saturated carbocycles. The fraction of sp³-hybridized carbons (Fsp3) is 0.0417. The maximum Gasteiger partial charge on any atom is 0.343 e. The Labute approximate surface area is 199 Å². The number of methoxy groups -OCH3 is 1. The zero-order valence-electron chi connectivity index (χ0n) is 17.2. The van der Waals surface area contributed by atoms with Gasteiger partial charge < -0.3 is 14.8 Å². The van der Waals surface area contributed by atoms with Gasteiger partial charge in [-0.25, -0.2) is 9.69 Å². The molecule has 0 fully saturated rings. The van der Waals surface area contributed by atoms with Crippen LogP contribution in [0.25, 0.3) is 0 Å². The maximum atomic E-state index is 12.8. The highest BCUT2D eigenvalue weighted by molar-refractivity contribution is 6.53. The van der Waals surface area contributed by atoms with Crippen LogP contribution in [0, 0.1) is 0 Å². The molecule has 1 aliphatic rings. The van der Waals surface area contributed by atoms with E-state index < -0.39 is 17.8 Å². The Hall–Kier alpha value is -3.81. The van der Waals surface area contributed by atoms with Gasteiger partial charge in [0.25, 0.3) is 11.8 Å². The monoisotopic (exact) mass is 482 g/mol. The van der Waals surface area contributed by atoms with Crippen molar-refractivity contribution in [1.29, 1.82) is 0 Å². The van der Waals surface area contributed by atoms with Crippen molar-refractivity contribution in [3.63, 3.8) is 0 Å². The molecule has 0 aromatic heterocycles. The molecule has 0 atom stereocenters. The zero-order chi connectivity index (χ0) is 23.5. The number of hydrogen-bond donors (Lipinski definition) is 1. The molecule has 1 heterocycles. The topological polar surface area (TPSA) is 84.9 Å². The van der Waals surface area contributed by atoms with Crippen LogP contribution in [0.2, 0.25) is 5.02 Å². The molecule has 33 heavy (non-hydrogen) atoms. The van der Waals surface area contributed by atoms with Gasteiger partial charge in [-0.2, -0.15) is 0 Å². The van der Waals surface area contributed by atoms with Crippen molar-refractivity contribution in [2.45, 2.75) is 0 Å². The van der Waals surface area contributed by atoms with Crippen molar-refractivity contribution in [1.82, 2.24) is 0 Å². The highest BCUT2D eigenvalue weighted by Crippen LogP contribution is 2.31. The Balaban J connectivity index is 1.45. The van der Waals surface area contributed by atoms with E-state index in [1.807, 2.05) is 0 Å². The number of nitrogens with zero attached hydrogens (tertiary/aromatic N) is 1. The van der Waals surface area contributed by atoms with Crippen LogP contribution >= 0.6 is 23.2 Å². The van der Waals surface area contributed by atoms with Gasteiger partial charge in [-0.3, -0.25) is 9.59 Å². The smallest absolute Gasteiger partial charge is 0.343 e. The van der Waals surface area contributed by atoms with Crippen LogP contribution in [-0.4, -0.2) is 24.9 Å². The number of anilines is 2. The lowest BCUT2D eigenvalue weighted by molar-refractivity contribution is -0.120. The highest BCUT2D eigenvalue weighted by Gasteiger charge is 2.38. The van der Waals surface area contributed by atoms with Crippen LogP contribution in [0.5, 0.6) is 11.5 Å². The summed E-state index contributed by atoms with van der Waals surface area (Å²) in [5.74, 6) is -0.781. The standard InChI is InChI=1S/C24H16Cl2N2O5/c1-32-18-10-12-19(13-11-18)33-24(31)14-2-6-16(7-3-14)27-21-20(26)22(29)28(23(21)30)17-8-4-15(25)5-9-17/h2-13,27H,1H3. The maximum absolute atomic E-state index is 12.8. The van der Waals surface area contributed by atoms with Crippen LogP contribution in [0.1, 0.15) is 10.4 Å². The molecule has 0 saturated heterocycles. The van der Waals surface area contributed by atoms with Gasteiger partial charge in [0.1, 0.15) is 22.2 Å². The molecule has 0 spiro atoms. The molecule has 0 radical (unpaired) electrons.